The fourth-order valence-electron chi connectivity index (χ4n) is 3.68. The highest BCUT2D eigenvalue weighted by molar-refractivity contribution is 5.77. The Kier molecular flexibility index (Phi) is 6.31. The lowest BCUT2D eigenvalue weighted by Crippen LogP contribution is -2.48. The standard InChI is InChI=1S/C21H30O7/c1-12(2)26-17-13(8-7-9-16(17)24-6)14-10-15(22)19(25-11-23-5)20-18(14)27-21(3,4)28-20/h7-10,12,15,18-20,22H,11H2,1-6H3/t15-,18-,19-,20-/m1/s1. The normalized spacial score (nSPS) is 28.8. The molecule has 1 saturated heterocycles. The number of aliphatic hydroxyl groups is 1. The number of hydrogen-bond donors (Lipinski definition) is 1. The summed E-state index contributed by atoms with van der Waals surface area (Å²) < 4.78 is 34.5. The quantitative estimate of drug-likeness (QED) is 0.713. The molecule has 0 radical (unpaired) electrons. The van der Waals surface area contributed by atoms with Crippen LogP contribution in [0, 0.1) is 0 Å². The predicted molar refractivity (Wildman–Crippen MR) is 103 cm³/mol. The Morgan fingerprint density at radius 1 is 1.18 bits per heavy atom. The molecule has 7 nitrogen and oxygen atoms in total. The van der Waals surface area contributed by atoms with E-state index in [9.17, 15) is 5.11 Å². The van der Waals surface area contributed by atoms with Gasteiger partial charge in [-0.25, -0.2) is 0 Å². The van der Waals surface area contributed by atoms with Gasteiger partial charge >= 0.3 is 0 Å². The van der Waals surface area contributed by atoms with Gasteiger partial charge in [0.1, 0.15) is 31.2 Å². The summed E-state index contributed by atoms with van der Waals surface area (Å²) >= 11 is 0. The second-order valence-corrected chi connectivity index (χ2v) is 7.67. The third-order valence-corrected chi connectivity index (χ3v) is 4.69. The van der Waals surface area contributed by atoms with Gasteiger partial charge in [-0.1, -0.05) is 12.1 Å². The number of methoxy groups -OCH3 is 2. The first-order valence-electron chi connectivity index (χ1n) is 9.47. The second kappa shape index (κ2) is 8.39. The van der Waals surface area contributed by atoms with Gasteiger partial charge in [0.25, 0.3) is 0 Å². The molecule has 0 aromatic heterocycles. The summed E-state index contributed by atoms with van der Waals surface area (Å²) in [5.74, 6) is 0.418. The highest BCUT2D eigenvalue weighted by Gasteiger charge is 2.52. The maximum Gasteiger partial charge on any atom is 0.169 e. The van der Waals surface area contributed by atoms with Gasteiger partial charge in [0, 0.05) is 12.7 Å². The maximum absolute atomic E-state index is 10.8. The first kappa shape index (κ1) is 21.1. The van der Waals surface area contributed by atoms with Gasteiger partial charge in [-0.3, -0.25) is 0 Å². The van der Waals surface area contributed by atoms with Gasteiger partial charge in [0.05, 0.1) is 13.2 Å². The zero-order valence-electron chi connectivity index (χ0n) is 17.3. The van der Waals surface area contributed by atoms with E-state index in [4.69, 9.17) is 28.4 Å². The van der Waals surface area contributed by atoms with Crippen molar-refractivity contribution in [1.29, 1.82) is 0 Å². The van der Waals surface area contributed by atoms with Crippen molar-refractivity contribution < 1.29 is 33.5 Å². The van der Waals surface area contributed by atoms with Crippen molar-refractivity contribution in [3.05, 3.63) is 29.8 Å². The number of hydrogen-bond acceptors (Lipinski definition) is 7. The van der Waals surface area contributed by atoms with E-state index in [2.05, 4.69) is 0 Å². The summed E-state index contributed by atoms with van der Waals surface area (Å²) in [6.07, 6.45) is -0.707. The predicted octanol–water partition coefficient (Wildman–Crippen LogP) is 2.75. The van der Waals surface area contributed by atoms with Crippen LogP contribution in [-0.2, 0) is 18.9 Å². The van der Waals surface area contributed by atoms with Crippen LogP contribution >= 0.6 is 0 Å². The average molecular weight is 394 g/mol. The van der Waals surface area contributed by atoms with Crippen LogP contribution in [0.15, 0.2) is 24.3 Å². The monoisotopic (exact) mass is 394 g/mol. The Bertz CT molecular complexity index is 713. The minimum Gasteiger partial charge on any atom is -0.493 e. The zero-order valence-corrected chi connectivity index (χ0v) is 17.3. The van der Waals surface area contributed by atoms with Crippen LogP contribution in [0.5, 0.6) is 11.5 Å². The first-order valence-corrected chi connectivity index (χ1v) is 9.47. The van der Waals surface area contributed by atoms with E-state index in [1.807, 2.05) is 45.9 Å². The van der Waals surface area contributed by atoms with Crippen molar-refractivity contribution in [2.45, 2.75) is 64.0 Å². The number of benzene rings is 1. The Hall–Kier alpha value is -1.64. The molecule has 1 aliphatic carbocycles. The van der Waals surface area contributed by atoms with Crippen LogP contribution in [0.2, 0.25) is 0 Å². The summed E-state index contributed by atoms with van der Waals surface area (Å²) in [6, 6.07) is 5.66. The Labute approximate surface area is 166 Å². The maximum atomic E-state index is 10.8. The largest absolute Gasteiger partial charge is 0.493 e. The molecule has 4 atom stereocenters. The molecular formula is C21H30O7. The Balaban J connectivity index is 2.06. The summed E-state index contributed by atoms with van der Waals surface area (Å²) in [4.78, 5) is 0. The molecule has 1 aromatic carbocycles. The van der Waals surface area contributed by atoms with E-state index in [1.54, 1.807) is 13.2 Å². The lowest BCUT2D eigenvalue weighted by Gasteiger charge is -2.35. The Morgan fingerprint density at radius 3 is 2.57 bits per heavy atom. The van der Waals surface area contributed by atoms with Crippen LogP contribution < -0.4 is 9.47 Å². The van der Waals surface area contributed by atoms with Crippen LogP contribution in [0.4, 0.5) is 0 Å². The van der Waals surface area contributed by atoms with E-state index in [-0.39, 0.29) is 12.9 Å². The minimum absolute atomic E-state index is 0.0464. The summed E-state index contributed by atoms with van der Waals surface area (Å²) in [6.45, 7) is 7.66. The van der Waals surface area contributed by atoms with Crippen molar-refractivity contribution in [3.63, 3.8) is 0 Å². The van der Waals surface area contributed by atoms with E-state index in [1.165, 1.54) is 7.11 Å². The molecule has 3 rings (SSSR count). The molecule has 0 amide bonds. The SMILES string of the molecule is COCO[C@H]1[C@@H]2OC(C)(C)O[C@@H]2C(c2cccc(OC)c2OC(C)C)=C[C@H]1O. The van der Waals surface area contributed by atoms with Gasteiger partial charge < -0.3 is 33.5 Å². The third-order valence-electron chi connectivity index (χ3n) is 4.69. The van der Waals surface area contributed by atoms with E-state index in [0.717, 1.165) is 11.1 Å². The molecule has 28 heavy (non-hydrogen) atoms. The van der Waals surface area contributed by atoms with Crippen molar-refractivity contribution in [2.75, 3.05) is 21.0 Å². The summed E-state index contributed by atoms with van der Waals surface area (Å²) in [7, 11) is 3.14. The van der Waals surface area contributed by atoms with Crippen LogP contribution in [0.1, 0.15) is 33.3 Å². The van der Waals surface area contributed by atoms with Gasteiger partial charge in [-0.15, -0.1) is 0 Å². The van der Waals surface area contributed by atoms with Crippen LogP contribution in [0.3, 0.4) is 0 Å². The topological polar surface area (TPSA) is 75.6 Å². The highest BCUT2D eigenvalue weighted by Crippen LogP contribution is 2.46. The molecule has 1 heterocycles. The van der Waals surface area contributed by atoms with Gasteiger partial charge in [0.15, 0.2) is 17.3 Å². The van der Waals surface area contributed by atoms with Crippen molar-refractivity contribution in [2.24, 2.45) is 0 Å². The second-order valence-electron chi connectivity index (χ2n) is 7.67. The smallest absolute Gasteiger partial charge is 0.169 e. The molecule has 1 fully saturated rings. The van der Waals surface area contributed by atoms with Crippen molar-refractivity contribution in [1.82, 2.24) is 0 Å². The molecular weight excluding hydrogens is 364 g/mol. The van der Waals surface area contributed by atoms with Crippen molar-refractivity contribution in [3.8, 4) is 11.5 Å². The molecule has 2 aliphatic rings. The molecule has 156 valence electrons. The number of ether oxygens (including phenoxy) is 6. The summed E-state index contributed by atoms with van der Waals surface area (Å²) in [5.41, 5.74) is 1.59. The molecule has 1 aromatic rings. The van der Waals surface area contributed by atoms with E-state index in [0.29, 0.717) is 11.5 Å². The number of aliphatic hydroxyl groups excluding tert-OH is 1. The third kappa shape index (κ3) is 4.18. The molecule has 0 bridgehead atoms. The van der Waals surface area contributed by atoms with Gasteiger partial charge in [-0.05, 0) is 45.4 Å². The minimum atomic E-state index is -0.887. The van der Waals surface area contributed by atoms with E-state index < -0.39 is 30.2 Å². The van der Waals surface area contributed by atoms with Crippen LogP contribution in [0.25, 0.3) is 5.57 Å². The molecule has 7 heteroatoms. The van der Waals surface area contributed by atoms with E-state index >= 15 is 0 Å². The Morgan fingerprint density at radius 2 is 1.93 bits per heavy atom. The number of para-hydroxylation sites is 1. The average Bonchev–Trinajstić information content (AvgIpc) is 2.95. The number of fused-ring (bicyclic) bond motifs is 1. The lowest BCUT2D eigenvalue weighted by molar-refractivity contribution is -0.182. The lowest BCUT2D eigenvalue weighted by atomic mass is 9.85. The van der Waals surface area contributed by atoms with Gasteiger partial charge in [0.2, 0.25) is 0 Å². The molecule has 1 N–H and O–H groups in total. The fourth-order valence-corrected chi connectivity index (χ4v) is 3.68. The number of rotatable bonds is 7. The first-order chi connectivity index (χ1) is 13.3. The highest BCUT2D eigenvalue weighted by atomic mass is 16.8. The molecule has 0 unspecified atom stereocenters. The fraction of sp³-hybridized carbons (Fsp3) is 0.619. The van der Waals surface area contributed by atoms with Crippen molar-refractivity contribution >= 4 is 5.57 Å². The van der Waals surface area contributed by atoms with Gasteiger partial charge in [-0.2, -0.15) is 0 Å². The molecule has 1 aliphatic heterocycles. The molecule has 0 saturated carbocycles. The van der Waals surface area contributed by atoms with Crippen LogP contribution in [-0.4, -0.2) is 62.4 Å². The molecule has 0 spiro atoms. The zero-order chi connectivity index (χ0) is 20.5. The summed E-state index contributed by atoms with van der Waals surface area (Å²) in [5, 5.41) is 10.8.